The maximum atomic E-state index is 12.1. The molecule has 0 radical (unpaired) electrons. The Hall–Kier alpha value is -1.30. The molecule has 1 N–H and O–H groups in total. The molecule has 24 heavy (non-hydrogen) atoms. The SMILES string of the molecule is C[C@H]1CCC(=O)N1C1CCN(C2CC3(CCN(C(=O)O)C3)C2)CC1. The lowest BCUT2D eigenvalue weighted by molar-refractivity contribution is -0.132. The third-order valence-electron chi connectivity index (χ3n) is 6.99. The first-order valence-electron chi connectivity index (χ1n) is 9.50. The van der Waals surface area contributed by atoms with Crippen molar-refractivity contribution in [3.05, 3.63) is 0 Å². The maximum Gasteiger partial charge on any atom is 0.407 e. The summed E-state index contributed by atoms with van der Waals surface area (Å²) in [4.78, 5) is 29.5. The molecule has 3 heterocycles. The van der Waals surface area contributed by atoms with Gasteiger partial charge in [-0.1, -0.05) is 0 Å². The van der Waals surface area contributed by atoms with Gasteiger partial charge < -0.3 is 19.8 Å². The lowest BCUT2D eigenvalue weighted by Gasteiger charge is -2.52. The Bertz CT molecular complexity index is 524. The number of piperidine rings is 1. The van der Waals surface area contributed by atoms with Crippen LogP contribution in [-0.4, -0.2) is 76.1 Å². The van der Waals surface area contributed by atoms with Crippen LogP contribution < -0.4 is 0 Å². The number of nitrogens with zero attached hydrogens (tertiary/aromatic N) is 3. The van der Waals surface area contributed by atoms with Gasteiger partial charge >= 0.3 is 6.09 Å². The first-order valence-corrected chi connectivity index (χ1v) is 9.50. The van der Waals surface area contributed by atoms with Crippen LogP contribution in [0.2, 0.25) is 0 Å². The Balaban J connectivity index is 1.26. The first-order chi connectivity index (χ1) is 11.5. The molecule has 3 saturated heterocycles. The molecule has 4 fully saturated rings. The summed E-state index contributed by atoms with van der Waals surface area (Å²) in [5.41, 5.74) is 0.263. The molecule has 4 aliphatic rings. The van der Waals surface area contributed by atoms with Crippen LogP contribution in [0.4, 0.5) is 4.79 Å². The summed E-state index contributed by atoms with van der Waals surface area (Å²) in [6.45, 7) is 5.80. The molecule has 6 heteroatoms. The molecular weight excluding hydrogens is 306 g/mol. The largest absolute Gasteiger partial charge is 0.465 e. The van der Waals surface area contributed by atoms with Crippen LogP contribution in [0.15, 0.2) is 0 Å². The zero-order valence-corrected chi connectivity index (χ0v) is 14.6. The third-order valence-corrected chi connectivity index (χ3v) is 6.99. The zero-order valence-electron chi connectivity index (χ0n) is 14.6. The summed E-state index contributed by atoms with van der Waals surface area (Å²) < 4.78 is 0. The van der Waals surface area contributed by atoms with Crippen molar-refractivity contribution in [2.75, 3.05) is 26.2 Å². The molecule has 1 aliphatic carbocycles. The van der Waals surface area contributed by atoms with Gasteiger partial charge in [0.15, 0.2) is 0 Å². The molecule has 0 aromatic carbocycles. The Morgan fingerprint density at radius 3 is 2.38 bits per heavy atom. The van der Waals surface area contributed by atoms with Crippen molar-refractivity contribution in [3.8, 4) is 0 Å². The minimum atomic E-state index is -0.763. The van der Waals surface area contributed by atoms with Gasteiger partial charge in [0.1, 0.15) is 0 Å². The van der Waals surface area contributed by atoms with Crippen molar-refractivity contribution >= 4 is 12.0 Å². The standard InChI is InChI=1S/C18H29N3O3/c1-13-2-3-16(22)21(13)14-4-7-19(8-5-14)15-10-18(11-15)6-9-20(12-18)17(23)24/h13-15H,2-12H2,1H3,(H,23,24)/t13-,15?,18?/m0/s1. The summed E-state index contributed by atoms with van der Waals surface area (Å²) in [6, 6.07) is 1.49. The van der Waals surface area contributed by atoms with E-state index in [0.29, 0.717) is 30.6 Å². The molecule has 2 amide bonds. The highest BCUT2D eigenvalue weighted by molar-refractivity contribution is 5.79. The predicted octanol–water partition coefficient (Wildman–Crippen LogP) is 1.99. The molecular formula is C18H29N3O3. The molecule has 4 rings (SSSR count). The molecule has 134 valence electrons. The minimum Gasteiger partial charge on any atom is -0.465 e. The van der Waals surface area contributed by atoms with Crippen molar-refractivity contribution in [2.45, 2.75) is 70.0 Å². The minimum absolute atomic E-state index is 0.263. The van der Waals surface area contributed by atoms with E-state index in [1.54, 1.807) is 4.90 Å². The first kappa shape index (κ1) is 16.2. The Morgan fingerprint density at radius 1 is 1.12 bits per heavy atom. The number of carbonyl (C=O) groups is 2. The van der Waals surface area contributed by atoms with Gasteiger partial charge in [0.2, 0.25) is 5.91 Å². The quantitative estimate of drug-likeness (QED) is 0.838. The zero-order chi connectivity index (χ0) is 16.9. The van der Waals surface area contributed by atoms with Crippen LogP contribution in [0.1, 0.15) is 51.9 Å². The molecule has 3 aliphatic heterocycles. The van der Waals surface area contributed by atoms with Crippen LogP contribution in [0.3, 0.4) is 0 Å². The monoisotopic (exact) mass is 335 g/mol. The van der Waals surface area contributed by atoms with E-state index in [4.69, 9.17) is 5.11 Å². The van der Waals surface area contributed by atoms with E-state index in [2.05, 4.69) is 16.7 Å². The number of hydrogen-bond acceptors (Lipinski definition) is 3. The Kier molecular flexibility index (Phi) is 3.98. The van der Waals surface area contributed by atoms with E-state index in [1.165, 1.54) is 0 Å². The molecule has 6 nitrogen and oxygen atoms in total. The maximum absolute atomic E-state index is 12.1. The second-order valence-corrected chi connectivity index (χ2v) is 8.47. The molecule has 1 saturated carbocycles. The molecule has 0 aromatic heterocycles. The van der Waals surface area contributed by atoms with Gasteiger partial charge in [-0.05, 0) is 50.9 Å². The molecule has 0 aromatic rings. The highest BCUT2D eigenvalue weighted by Gasteiger charge is 2.51. The van der Waals surface area contributed by atoms with Gasteiger partial charge in [-0.3, -0.25) is 4.79 Å². The van der Waals surface area contributed by atoms with Gasteiger partial charge in [-0.25, -0.2) is 4.79 Å². The summed E-state index contributed by atoms with van der Waals surface area (Å²) in [7, 11) is 0. The molecule has 1 atom stereocenters. The highest BCUT2D eigenvalue weighted by atomic mass is 16.4. The molecule has 0 unspecified atom stereocenters. The van der Waals surface area contributed by atoms with Crippen LogP contribution in [0, 0.1) is 5.41 Å². The van der Waals surface area contributed by atoms with Crippen molar-refractivity contribution in [1.29, 1.82) is 0 Å². The van der Waals surface area contributed by atoms with Crippen molar-refractivity contribution in [3.63, 3.8) is 0 Å². The number of carbonyl (C=O) groups excluding carboxylic acids is 1. The summed E-state index contributed by atoms with van der Waals surface area (Å²) in [5, 5.41) is 9.14. The van der Waals surface area contributed by atoms with E-state index in [-0.39, 0.29) is 5.41 Å². The van der Waals surface area contributed by atoms with E-state index >= 15 is 0 Å². The van der Waals surface area contributed by atoms with E-state index in [9.17, 15) is 9.59 Å². The molecule has 1 spiro atoms. The van der Waals surface area contributed by atoms with Gasteiger partial charge in [0.05, 0.1) is 0 Å². The van der Waals surface area contributed by atoms with Gasteiger partial charge in [-0.2, -0.15) is 0 Å². The number of carboxylic acid groups (broad SMARTS) is 1. The average molecular weight is 335 g/mol. The fourth-order valence-corrected chi connectivity index (χ4v) is 5.57. The van der Waals surface area contributed by atoms with Crippen molar-refractivity contribution in [1.82, 2.24) is 14.7 Å². The van der Waals surface area contributed by atoms with Crippen LogP contribution >= 0.6 is 0 Å². The summed E-state index contributed by atoms with van der Waals surface area (Å²) in [6.07, 6.45) is 6.52. The van der Waals surface area contributed by atoms with Crippen molar-refractivity contribution < 1.29 is 14.7 Å². The van der Waals surface area contributed by atoms with E-state index < -0.39 is 6.09 Å². The fraction of sp³-hybridized carbons (Fsp3) is 0.889. The summed E-state index contributed by atoms with van der Waals surface area (Å²) >= 11 is 0. The Morgan fingerprint density at radius 2 is 1.83 bits per heavy atom. The van der Waals surface area contributed by atoms with E-state index in [0.717, 1.165) is 64.6 Å². The third kappa shape index (κ3) is 2.68. The van der Waals surface area contributed by atoms with E-state index in [1.807, 2.05) is 0 Å². The van der Waals surface area contributed by atoms with Gasteiger partial charge in [0.25, 0.3) is 0 Å². The highest BCUT2D eigenvalue weighted by Crippen LogP contribution is 2.50. The average Bonchev–Trinajstić information content (AvgIpc) is 3.11. The Labute approximate surface area is 143 Å². The summed E-state index contributed by atoms with van der Waals surface area (Å²) in [5.74, 6) is 0.350. The number of rotatable bonds is 2. The van der Waals surface area contributed by atoms with Gasteiger partial charge in [0, 0.05) is 50.7 Å². The molecule has 0 bridgehead atoms. The van der Waals surface area contributed by atoms with Crippen LogP contribution in [-0.2, 0) is 4.79 Å². The lowest BCUT2D eigenvalue weighted by Crippen LogP contribution is -2.56. The van der Waals surface area contributed by atoms with Crippen LogP contribution in [0.25, 0.3) is 0 Å². The number of amides is 2. The normalized spacial score (nSPS) is 38.1. The van der Waals surface area contributed by atoms with Crippen LogP contribution in [0.5, 0.6) is 0 Å². The fourth-order valence-electron chi connectivity index (χ4n) is 5.57. The van der Waals surface area contributed by atoms with Gasteiger partial charge in [-0.15, -0.1) is 0 Å². The topological polar surface area (TPSA) is 64.1 Å². The smallest absolute Gasteiger partial charge is 0.407 e. The lowest BCUT2D eigenvalue weighted by atomic mass is 9.64. The number of hydrogen-bond donors (Lipinski definition) is 1. The second-order valence-electron chi connectivity index (χ2n) is 8.47. The number of likely N-dealkylation sites (tertiary alicyclic amines) is 3. The predicted molar refractivity (Wildman–Crippen MR) is 89.8 cm³/mol. The second kappa shape index (κ2) is 5.90. The van der Waals surface area contributed by atoms with Crippen molar-refractivity contribution in [2.24, 2.45) is 5.41 Å².